The van der Waals surface area contributed by atoms with Crippen LogP contribution in [0.2, 0.25) is 0 Å². The zero-order chi connectivity index (χ0) is 17.8. The molecule has 3 aromatic rings. The number of aromatic nitrogens is 2. The fourth-order valence-electron chi connectivity index (χ4n) is 2.71. The summed E-state index contributed by atoms with van der Waals surface area (Å²) in [6.45, 7) is 6.75. The Labute approximate surface area is 147 Å². The highest BCUT2D eigenvalue weighted by atomic mass is 16.1. The molecule has 5 heteroatoms. The van der Waals surface area contributed by atoms with Crippen molar-refractivity contribution < 1.29 is 4.79 Å². The molecular formula is C20H22N4O. The number of carbonyl (C=O) groups is 1. The average Bonchev–Trinajstić information content (AvgIpc) is 2.62. The number of hydrogen-bond donors (Lipinski definition) is 2. The number of nitrogens with zero attached hydrogens (tertiary/aromatic N) is 2. The molecule has 5 nitrogen and oxygen atoms in total. The van der Waals surface area contributed by atoms with Gasteiger partial charge in [-0.15, -0.1) is 0 Å². The van der Waals surface area contributed by atoms with Gasteiger partial charge in [0.25, 0.3) is 5.91 Å². The molecule has 1 aromatic heterocycles. The van der Waals surface area contributed by atoms with E-state index in [1.54, 1.807) is 0 Å². The minimum atomic E-state index is -0.255. The Morgan fingerprint density at radius 1 is 0.960 bits per heavy atom. The van der Waals surface area contributed by atoms with Crippen LogP contribution in [0.5, 0.6) is 0 Å². The lowest BCUT2D eigenvalue weighted by atomic mass is 10.1. The van der Waals surface area contributed by atoms with Crippen LogP contribution >= 0.6 is 0 Å². The van der Waals surface area contributed by atoms with E-state index in [1.165, 1.54) is 0 Å². The second-order valence-corrected chi connectivity index (χ2v) is 6.06. The van der Waals surface area contributed by atoms with Gasteiger partial charge in [-0.05, 0) is 43.5 Å². The highest BCUT2D eigenvalue weighted by Gasteiger charge is 2.18. The summed E-state index contributed by atoms with van der Waals surface area (Å²) in [5.41, 5.74) is 4.65. The van der Waals surface area contributed by atoms with Gasteiger partial charge < -0.3 is 10.6 Å². The van der Waals surface area contributed by atoms with E-state index in [0.717, 1.165) is 35.3 Å². The maximum atomic E-state index is 12.9. The largest absolute Gasteiger partial charge is 0.368 e. The molecule has 0 unspecified atom stereocenters. The number of hydrogen-bond acceptors (Lipinski definition) is 4. The molecule has 2 aromatic carbocycles. The van der Waals surface area contributed by atoms with Crippen LogP contribution in [0.25, 0.3) is 11.0 Å². The molecule has 0 aliphatic carbocycles. The second-order valence-electron chi connectivity index (χ2n) is 6.06. The molecule has 3 rings (SSSR count). The Morgan fingerprint density at radius 3 is 2.24 bits per heavy atom. The van der Waals surface area contributed by atoms with Crippen LogP contribution < -0.4 is 10.6 Å². The predicted octanol–water partition coefficient (Wildman–Crippen LogP) is 4.32. The number of rotatable bonds is 5. The molecule has 0 saturated carbocycles. The number of amides is 1. The molecule has 0 spiro atoms. The quantitative estimate of drug-likeness (QED) is 0.729. The lowest BCUT2D eigenvalue weighted by molar-refractivity contribution is 0.102. The number of benzene rings is 2. The Hall–Kier alpha value is -2.95. The van der Waals surface area contributed by atoms with Gasteiger partial charge in [-0.3, -0.25) is 4.79 Å². The number of aryl methyl sites for hydroxylation is 2. The minimum absolute atomic E-state index is 0.255. The zero-order valence-electron chi connectivity index (χ0n) is 14.8. The van der Waals surface area contributed by atoms with Crippen LogP contribution in [0.1, 0.15) is 35.0 Å². The molecule has 128 valence electrons. The second kappa shape index (κ2) is 7.30. The van der Waals surface area contributed by atoms with Crippen molar-refractivity contribution in [3.8, 4) is 0 Å². The van der Waals surface area contributed by atoms with E-state index >= 15 is 0 Å². The molecule has 0 bridgehead atoms. The van der Waals surface area contributed by atoms with Crippen molar-refractivity contribution in [2.45, 2.75) is 27.2 Å². The van der Waals surface area contributed by atoms with Gasteiger partial charge in [-0.1, -0.05) is 37.3 Å². The Balaban J connectivity index is 2.01. The highest BCUT2D eigenvalue weighted by molar-refractivity contribution is 6.07. The van der Waals surface area contributed by atoms with Crippen LogP contribution in [-0.2, 0) is 0 Å². The Morgan fingerprint density at radius 2 is 1.60 bits per heavy atom. The van der Waals surface area contributed by atoms with Crippen molar-refractivity contribution in [3.05, 3.63) is 59.3 Å². The molecule has 0 atom stereocenters. The summed E-state index contributed by atoms with van der Waals surface area (Å²) < 4.78 is 0. The first kappa shape index (κ1) is 16.9. The maximum Gasteiger partial charge on any atom is 0.278 e. The molecule has 0 aliphatic heterocycles. The first-order valence-corrected chi connectivity index (χ1v) is 8.48. The fourth-order valence-corrected chi connectivity index (χ4v) is 2.71. The van der Waals surface area contributed by atoms with Crippen LogP contribution in [0, 0.1) is 13.8 Å². The topological polar surface area (TPSA) is 66.9 Å². The molecule has 0 fully saturated rings. The van der Waals surface area contributed by atoms with Gasteiger partial charge in [0.15, 0.2) is 11.5 Å². The monoisotopic (exact) mass is 334 g/mol. The van der Waals surface area contributed by atoms with Crippen molar-refractivity contribution in [1.29, 1.82) is 0 Å². The van der Waals surface area contributed by atoms with Gasteiger partial charge in [0.1, 0.15) is 0 Å². The van der Waals surface area contributed by atoms with Gasteiger partial charge >= 0.3 is 0 Å². The summed E-state index contributed by atoms with van der Waals surface area (Å²) in [5, 5.41) is 6.21. The molecule has 0 radical (unpaired) electrons. The summed E-state index contributed by atoms with van der Waals surface area (Å²) in [6.07, 6.45) is 0.937. The number of carbonyl (C=O) groups excluding carboxylic acids is 1. The van der Waals surface area contributed by atoms with Crippen LogP contribution in [0.4, 0.5) is 11.5 Å². The number of anilines is 2. The van der Waals surface area contributed by atoms with Crippen LogP contribution in [0.3, 0.4) is 0 Å². The van der Waals surface area contributed by atoms with E-state index in [1.807, 2.05) is 56.3 Å². The lowest BCUT2D eigenvalue weighted by Crippen LogP contribution is -2.19. The molecule has 1 amide bonds. The Kier molecular flexibility index (Phi) is 4.93. The van der Waals surface area contributed by atoms with Crippen molar-refractivity contribution in [3.63, 3.8) is 0 Å². The summed E-state index contributed by atoms with van der Waals surface area (Å²) in [6, 6.07) is 13.5. The van der Waals surface area contributed by atoms with E-state index < -0.39 is 0 Å². The number of nitrogens with one attached hydrogen (secondary N) is 2. The standard InChI is InChI=1S/C20H22N4O/c1-4-12-21-19-18(22-15-10-5-6-11-16(15)23-19)20(25)24-17-13(2)8-7-9-14(17)3/h5-11H,4,12H2,1-3H3,(H,21,23)(H,24,25). The van der Waals surface area contributed by atoms with E-state index in [9.17, 15) is 4.79 Å². The third kappa shape index (κ3) is 3.60. The smallest absolute Gasteiger partial charge is 0.278 e. The van der Waals surface area contributed by atoms with Gasteiger partial charge in [0.2, 0.25) is 0 Å². The van der Waals surface area contributed by atoms with Crippen molar-refractivity contribution >= 4 is 28.4 Å². The summed E-state index contributed by atoms with van der Waals surface area (Å²) >= 11 is 0. The van der Waals surface area contributed by atoms with E-state index in [4.69, 9.17) is 0 Å². The van der Waals surface area contributed by atoms with E-state index in [0.29, 0.717) is 17.0 Å². The molecule has 25 heavy (non-hydrogen) atoms. The maximum absolute atomic E-state index is 12.9. The van der Waals surface area contributed by atoms with Gasteiger partial charge in [-0.2, -0.15) is 0 Å². The third-order valence-corrected chi connectivity index (χ3v) is 4.05. The van der Waals surface area contributed by atoms with Gasteiger partial charge in [0, 0.05) is 12.2 Å². The van der Waals surface area contributed by atoms with Crippen LogP contribution in [-0.4, -0.2) is 22.4 Å². The summed E-state index contributed by atoms with van der Waals surface area (Å²) in [4.78, 5) is 22.0. The van der Waals surface area contributed by atoms with Gasteiger partial charge in [-0.25, -0.2) is 9.97 Å². The molecule has 1 heterocycles. The molecule has 0 saturated heterocycles. The summed E-state index contributed by atoms with van der Waals surface area (Å²) in [7, 11) is 0. The SMILES string of the molecule is CCCNc1nc2ccccc2nc1C(=O)Nc1c(C)cccc1C. The van der Waals surface area contributed by atoms with Crippen molar-refractivity contribution in [2.24, 2.45) is 0 Å². The minimum Gasteiger partial charge on any atom is -0.368 e. The zero-order valence-corrected chi connectivity index (χ0v) is 14.8. The van der Waals surface area contributed by atoms with Crippen molar-refractivity contribution in [1.82, 2.24) is 9.97 Å². The van der Waals surface area contributed by atoms with Crippen molar-refractivity contribution in [2.75, 3.05) is 17.2 Å². The normalized spacial score (nSPS) is 10.7. The fraction of sp³-hybridized carbons (Fsp3) is 0.250. The van der Waals surface area contributed by atoms with E-state index in [2.05, 4.69) is 27.5 Å². The third-order valence-electron chi connectivity index (χ3n) is 4.05. The lowest BCUT2D eigenvalue weighted by Gasteiger charge is -2.14. The van der Waals surface area contributed by atoms with E-state index in [-0.39, 0.29) is 5.91 Å². The van der Waals surface area contributed by atoms with Gasteiger partial charge in [0.05, 0.1) is 11.0 Å². The first-order valence-electron chi connectivity index (χ1n) is 8.48. The number of para-hydroxylation sites is 3. The Bertz CT molecular complexity index is 900. The molecule has 2 N–H and O–H groups in total. The molecular weight excluding hydrogens is 312 g/mol. The molecule has 0 aliphatic rings. The summed E-state index contributed by atoms with van der Waals surface area (Å²) in [5.74, 6) is 0.263. The predicted molar refractivity (Wildman–Crippen MR) is 102 cm³/mol. The highest BCUT2D eigenvalue weighted by Crippen LogP contribution is 2.22. The number of fused-ring (bicyclic) bond motifs is 1. The first-order chi connectivity index (χ1) is 12.1. The van der Waals surface area contributed by atoms with Crippen LogP contribution in [0.15, 0.2) is 42.5 Å². The average molecular weight is 334 g/mol.